The second kappa shape index (κ2) is 8.47. The molecule has 1 fully saturated rings. The molecule has 1 saturated heterocycles. The number of carbonyl (C=O) groups excluding carboxylic acids is 1. The average Bonchev–Trinajstić information content (AvgIpc) is 2.61. The van der Waals surface area contributed by atoms with Gasteiger partial charge in [0.2, 0.25) is 0 Å². The highest BCUT2D eigenvalue weighted by Gasteiger charge is 2.23. The van der Waals surface area contributed by atoms with Gasteiger partial charge in [0.25, 0.3) is 0 Å². The maximum Gasteiger partial charge on any atom is 0.193 e. The summed E-state index contributed by atoms with van der Waals surface area (Å²) < 4.78 is 11.9. The average molecular weight is 353 g/mol. The Balaban J connectivity index is 1.62. The zero-order valence-electron chi connectivity index (χ0n) is 15.7. The van der Waals surface area contributed by atoms with Crippen molar-refractivity contribution in [1.29, 1.82) is 0 Å². The molecule has 1 aliphatic rings. The molecule has 1 heterocycles. The lowest BCUT2D eigenvalue weighted by Gasteiger charge is -2.36. The zero-order chi connectivity index (χ0) is 18.5. The van der Waals surface area contributed by atoms with Crippen LogP contribution in [0.1, 0.15) is 36.7 Å². The number of rotatable bonds is 6. The summed E-state index contributed by atoms with van der Waals surface area (Å²) >= 11 is 0. The molecule has 0 aliphatic carbocycles. The minimum absolute atomic E-state index is 0.0135. The molecular formula is C22H27NO3. The van der Waals surface area contributed by atoms with E-state index in [2.05, 4.69) is 25.7 Å². The van der Waals surface area contributed by atoms with Crippen molar-refractivity contribution in [3.8, 4) is 5.75 Å². The molecule has 0 bridgehead atoms. The Hall–Kier alpha value is -2.17. The third-order valence-corrected chi connectivity index (χ3v) is 4.48. The molecule has 4 nitrogen and oxygen atoms in total. The van der Waals surface area contributed by atoms with Gasteiger partial charge in [0.05, 0.1) is 12.2 Å². The topological polar surface area (TPSA) is 38.8 Å². The highest BCUT2D eigenvalue weighted by Crippen LogP contribution is 2.19. The number of nitrogens with zero attached hydrogens (tertiary/aromatic N) is 1. The Morgan fingerprint density at radius 1 is 1.08 bits per heavy atom. The highest BCUT2D eigenvalue weighted by atomic mass is 16.5. The predicted molar refractivity (Wildman–Crippen MR) is 103 cm³/mol. The lowest BCUT2D eigenvalue weighted by Crippen LogP contribution is -2.48. The van der Waals surface area contributed by atoms with Crippen LogP contribution in [-0.4, -0.2) is 48.6 Å². The van der Waals surface area contributed by atoms with Crippen molar-refractivity contribution in [3.63, 3.8) is 0 Å². The van der Waals surface area contributed by atoms with Crippen LogP contribution >= 0.6 is 0 Å². The molecule has 0 saturated carbocycles. The molecule has 0 spiro atoms. The van der Waals surface area contributed by atoms with Crippen molar-refractivity contribution in [3.05, 3.63) is 65.7 Å². The van der Waals surface area contributed by atoms with Crippen molar-refractivity contribution < 1.29 is 14.3 Å². The SMILES string of the molecule is CC(CN1CC(C)OC(C)C1)Oc1cccc(C(=O)c2ccccc2)c1. The number of benzene rings is 2. The molecular weight excluding hydrogens is 326 g/mol. The first kappa shape index (κ1) is 18.6. The smallest absolute Gasteiger partial charge is 0.193 e. The molecule has 3 atom stereocenters. The lowest BCUT2D eigenvalue weighted by atomic mass is 10.0. The van der Waals surface area contributed by atoms with Crippen LogP contribution in [0.4, 0.5) is 0 Å². The quantitative estimate of drug-likeness (QED) is 0.741. The minimum atomic E-state index is 0.0135. The maximum atomic E-state index is 12.6. The molecule has 3 unspecified atom stereocenters. The summed E-state index contributed by atoms with van der Waals surface area (Å²) in [6.07, 6.45) is 0.533. The maximum absolute atomic E-state index is 12.6. The summed E-state index contributed by atoms with van der Waals surface area (Å²) in [6.45, 7) is 8.96. The molecule has 0 N–H and O–H groups in total. The van der Waals surface area contributed by atoms with Crippen LogP contribution in [0.5, 0.6) is 5.75 Å². The Morgan fingerprint density at radius 2 is 1.73 bits per heavy atom. The summed E-state index contributed by atoms with van der Waals surface area (Å²) in [5, 5.41) is 0. The second-order valence-electron chi connectivity index (χ2n) is 7.13. The summed E-state index contributed by atoms with van der Waals surface area (Å²) in [4.78, 5) is 15.0. The Morgan fingerprint density at radius 3 is 2.42 bits per heavy atom. The normalized spacial score (nSPS) is 22.0. The van der Waals surface area contributed by atoms with Crippen molar-refractivity contribution in [2.45, 2.75) is 39.1 Å². The van der Waals surface area contributed by atoms with Crippen LogP contribution in [0, 0.1) is 0 Å². The van der Waals surface area contributed by atoms with E-state index in [9.17, 15) is 4.79 Å². The number of morpholine rings is 1. The Kier molecular flexibility index (Phi) is 6.07. The van der Waals surface area contributed by atoms with E-state index < -0.39 is 0 Å². The molecule has 0 amide bonds. The zero-order valence-corrected chi connectivity index (χ0v) is 15.7. The van der Waals surface area contributed by atoms with Crippen LogP contribution in [0.3, 0.4) is 0 Å². The predicted octanol–water partition coefficient (Wildman–Crippen LogP) is 3.79. The fourth-order valence-corrected chi connectivity index (χ4v) is 3.53. The standard InChI is InChI=1S/C22H27NO3/c1-16-13-23(14-17(2)25-16)15-18(3)26-21-11-7-10-20(12-21)22(24)19-8-5-4-6-9-19/h4-12,16-18H,13-15H2,1-3H3. The van der Waals surface area contributed by atoms with Crippen molar-refractivity contribution in [1.82, 2.24) is 4.90 Å². The summed E-state index contributed by atoms with van der Waals surface area (Å²) in [5.41, 5.74) is 1.34. The van der Waals surface area contributed by atoms with Gasteiger partial charge in [-0.15, -0.1) is 0 Å². The van der Waals surface area contributed by atoms with Crippen molar-refractivity contribution >= 4 is 5.78 Å². The second-order valence-corrected chi connectivity index (χ2v) is 7.13. The van der Waals surface area contributed by atoms with Crippen LogP contribution in [0.2, 0.25) is 0 Å². The van der Waals surface area contributed by atoms with E-state index in [1.165, 1.54) is 0 Å². The van der Waals surface area contributed by atoms with E-state index >= 15 is 0 Å². The largest absolute Gasteiger partial charge is 0.489 e. The van der Waals surface area contributed by atoms with Crippen LogP contribution in [0.25, 0.3) is 0 Å². The number of hydrogen-bond donors (Lipinski definition) is 0. The van der Waals surface area contributed by atoms with Gasteiger partial charge in [-0.3, -0.25) is 9.69 Å². The van der Waals surface area contributed by atoms with Gasteiger partial charge in [0.1, 0.15) is 11.9 Å². The van der Waals surface area contributed by atoms with Gasteiger partial charge < -0.3 is 9.47 Å². The molecule has 2 aromatic carbocycles. The minimum Gasteiger partial charge on any atom is -0.489 e. The van der Waals surface area contributed by atoms with Gasteiger partial charge in [0.15, 0.2) is 5.78 Å². The van der Waals surface area contributed by atoms with E-state index in [4.69, 9.17) is 9.47 Å². The molecule has 3 rings (SSSR count). The highest BCUT2D eigenvalue weighted by molar-refractivity contribution is 6.09. The third-order valence-electron chi connectivity index (χ3n) is 4.48. The fraction of sp³-hybridized carbons (Fsp3) is 0.409. The van der Waals surface area contributed by atoms with Crippen LogP contribution in [0.15, 0.2) is 54.6 Å². The Bertz CT molecular complexity index is 721. The third kappa shape index (κ3) is 4.93. The monoisotopic (exact) mass is 353 g/mol. The first-order valence-corrected chi connectivity index (χ1v) is 9.25. The fourth-order valence-electron chi connectivity index (χ4n) is 3.53. The van der Waals surface area contributed by atoms with Gasteiger partial charge in [-0.25, -0.2) is 0 Å². The number of ether oxygens (including phenoxy) is 2. The van der Waals surface area contributed by atoms with Crippen molar-refractivity contribution in [2.75, 3.05) is 19.6 Å². The number of carbonyl (C=O) groups is 1. The van der Waals surface area contributed by atoms with Crippen molar-refractivity contribution in [2.24, 2.45) is 0 Å². The first-order valence-electron chi connectivity index (χ1n) is 9.25. The molecule has 2 aromatic rings. The van der Waals surface area contributed by atoms with Gasteiger partial charge in [-0.1, -0.05) is 42.5 Å². The molecule has 1 aliphatic heterocycles. The Labute approximate surface area is 155 Å². The van der Waals surface area contributed by atoms with Crippen LogP contribution < -0.4 is 4.74 Å². The van der Waals surface area contributed by atoms with E-state index in [1.54, 1.807) is 0 Å². The van der Waals surface area contributed by atoms with E-state index in [1.807, 2.05) is 54.6 Å². The van der Waals surface area contributed by atoms with Gasteiger partial charge in [-0.05, 0) is 32.9 Å². The van der Waals surface area contributed by atoms with E-state index in [0.29, 0.717) is 11.1 Å². The molecule has 0 radical (unpaired) electrons. The van der Waals surface area contributed by atoms with E-state index in [-0.39, 0.29) is 24.1 Å². The summed E-state index contributed by atoms with van der Waals surface area (Å²) in [6, 6.07) is 16.8. The number of ketones is 1. The molecule has 138 valence electrons. The molecule has 0 aromatic heterocycles. The van der Waals surface area contributed by atoms with Gasteiger partial charge >= 0.3 is 0 Å². The van der Waals surface area contributed by atoms with Gasteiger partial charge in [-0.2, -0.15) is 0 Å². The lowest BCUT2D eigenvalue weighted by molar-refractivity contribution is -0.0740. The molecule has 26 heavy (non-hydrogen) atoms. The van der Waals surface area contributed by atoms with Crippen LogP contribution in [-0.2, 0) is 4.74 Å². The molecule has 4 heteroatoms. The summed E-state index contributed by atoms with van der Waals surface area (Å²) in [7, 11) is 0. The van der Waals surface area contributed by atoms with E-state index in [0.717, 1.165) is 25.4 Å². The number of hydrogen-bond acceptors (Lipinski definition) is 4. The summed E-state index contributed by atoms with van der Waals surface area (Å²) in [5.74, 6) is 0.744. The first-order chi connectivity index (χ1) is 12.5. The van der Waals surface area contributed by atoms with Gasteiger partial charge in [0, 0.05) is 30.8 Å².